The highest BCUT2D eigenvalue weighted by atomic mass is 35.5. The molecule has 1 saturated heterocycles. The zero-order chi connectivity index (χ0) is 24.1. The molecule has 33 heavy (non-hydrogen) atoms. The molecule has 0 unspecified atom stereocenters. The number of nitrogens with zero attached hydrogens (tertiary/aromatic N) is 1. The summed E-state index contributed by atoms with van der Waals surface area (Å²) >= 11 is 12.1. The maximum atomic E-state index is 13.6. The lowest BCUT2D eigenvalue weighted by Crippen LogP contribution is -2.57. The number of carbonyl (C=O) groups excluding carboxylic acids is 1. The molecule has 1 aliphatic rings. The van der Waals surface area contributed by atoms with E-state index < -0.39 is 48.9 Å². The molecule has 3 N–H and O–H groups in total. The summed E-state index contributed by atoms with van der Waals surface area (Å²) in [6.45, 7) is 1.30. The second kappa shape index (κ2) is 11.3. The molecule has 1 fully saturated rings. The van der Waals surface area contributed by atoms with Crippen molar-refractivity contribution >= 4 is 35.1 Å². The maximum absolute atomic E-state index is 13.6. The molecule has 3 rings (SSSR count). The Bertz CT molecular complexity index is 952. The minimum Gasteiger partial charge on any atom is -0.480 e. The standard InChI is InChI=1S/C24H27Cl2NO6/c1-2-3-19(24(31)32)27-21(14-4-8-16(25)9-5-14)22(15-6-10-17(26)11-7-15)33-20(23(27)30)12-18(29)13-28/h4-11,18-22,28-29H,2-3,12-13H2,1H3,(H,31,32)/t18-,19-,20+,21-,22+/m0/s1. The fourth-order valence-corrected chi connectivity index (χ4v) is 4.40. The molecule has 0 aliphatic carbocycles. The summed E-state index contributed by atoms with van der Waals surface area (Å²) in [7, 11) is 0. The summed E-state index contributed by atoms with van der Waals surface area (Å²) in [4.78, 5) is 27.2. The number of carboxylic acids is 1. The fourth-order valence-electron chi connectivity index (χ4n) is 4.15. The molecule has 0 saturated carbocycles. The van der Waals surface area contributed by atoms with Crippen LogP contribution in [0.4, 0.5) is 0 Å². The molecule has 1 heterocycles. The van der Waals surface area contributed by atoms with Gasteiger partial charge in [-0.15, -0.1) is 0 Å². The van der Waals surface area contributed by atoms with Crippen LogP contribution < -0.4 is 0 Å². The van der Waals surface area contributed by atoms with E-state index in [0.717, 1.165) is 0 Å². The molecule has 0 radical (unpaired) electrons. The third-order valence-corrected chi connectivity index (χ3v) is 6.22. The van der Waals surface area contributed by atoms with Gasteiger partial charge in [0.25, 0.3) is 5.91 Å². The highest BCUT2D eigenvalue weighted by Crippen LogP contribution is 2.44. The van der Waals surface area contributed by atoms with Gasteiger partial charge in [0.1, 0.15) is 18.2 Å². The molecule has 0 aromatic heterocycles. The van der Waals surface area contributed by atoms with Gasteiger partial charge in [-0.1, -0.05) is 60.8 Å². The molecular formula is C24H27Cl2NO6. The van der Waals surface area contributed by atoms with Crippen molar-refractivity contribution in [2.75, 3.05) is 6.61 Å². The molecular weight excluding hydrogens is 469 g/mol. The highest BCUT2D eigenvalue weighted by Gasteiger charge is 2.48. The summed E-state index contributed by atoms with van der Waals surface area (Å²) in [5.74, 6) is -1.67. The number of hydrogen-bond acceptors (Lipinski definition) is 5. The van der Waals surface area contributed by atoms with Crippen molar-refractivity contribution in [3.63, 3.8) is 0 Å². The minimum absolute atomic E-state index is 0.165. The fraction of sp³-hybridized carbons (Fsp3) is 0.417. The van der Waals surface area contributed by atoms with E-state index in [4.69, 9.17) is 27.9 Å². The molecule has 1 amide bonds. The van der Waals surface area contributed by atoms with Crippen molar-refractivity contribution in [1.82, 2.24) is 4.90 Å². The van der Waals surface area contributed by atoms with Crippen LogP contribution in [0, 0.1) is 0 Å². The minimum atomic E-state index is -1.19. The second-order valence-corrected chi connectivity index (χ2v) is 8.93. The zero-order valence-corrected chi connectivity index (χ0v) is 19.6. The van der Waals surface area contributed by atoms with Crippen LogP contribution in [0.1, 0.15) is 49.5 Å². The normalized spacial score (nSPS) is 22.8. The molecule has 9 heteroatoms. The first-order valence-electron chi connectivity index (χ1n) is 10.8. The number of benzene rings is 2. The number of morpholine rings is 1. The Balaban J connectivity index is 2.17. The average Bonchev–Trinajstić information content (AvgIpc) is 2.80. The zero-order valence-electron chi connectivity index (χ0n) is 18.1. The van der Waals surface area contributed by atoms with Crippen LogP contribution >= 0.6 is 23.2 Å². The quantitative estimate of drug-likeness (QED) is 0.485. The van der Waals surface area contributed by atoms with Crippen molar-refractivity contribution in [1.29, 1.82) is 0 Å². The van der Waals surface area contributed by atoms with Crippen molar-refractivity contribution in [3.05, 3.63) is 69.7 Å². The Morgan fingerprint density at radius 2 is 1.61 bits per heavy atom. The van der Waals surface area contributed by atoms with Gasteiger partial charge in [0, 0.05) is 16.5 Å². The van der Waals surface area contributed by atoms with E-state index in [1.165, 1.54) is 4.90 Å². The van der Waals surface area contributed by atoms with Gasteiger partial charge in [0.2, 0.25) is 0 Å². The number of halogens is 2. The highest BCUT2D eigenvalue weighted by molar-refractivity contribution is 6.30. The van der Waals surface area contributed by atoms with E-state index in [0.29, 0.717) is 27.6 Å². The number of carboxylic acid groups (broad SMARTS) is 1. The Hall–Kier alpha value is -2.16. The summed E-state index contributed by atoms with van der Waals surface area (Å²) in [5.41, 5.74) is 1.36. The molecule has 0 spiro atoms. The van der Waals surface area contributed by atoms with Crippen LogP contribution in [-0.2, 0) is 14.3 Å². The Kier molecular flexibility index (Phi) is 8.73. The van der Waals surface area contributed by atoms with Crippen LogP contribution in [0.3, 0.4) is 0 Å². The van der Waals surface area contributed by atoms with Gasteiger partial charge in [0.05, 0.1) is 18.8 Å². The molecule has 0 bridgehead atoms. The number of aliphatic hydroxyl groups excluding tert-OH is 2. The third-order valence-electron chi connectivity index (χ3n) is 5.72. The predicted octanol–water partition coefficient (Wildman–Crippen LogP) is 4.00. The summed E-state index contributed by atoms with van der Waals surface area (Å²) in [6, 6.07) is 11.9. The number of amides is 1. The topological polar surface area (TPSA) is 107 Å². The van der Waals surface area contributed by atoms with Crippen LogP contribution in [0.15, 0.2) is 48.5 Å². The molecule has 2 aromatic carbocycles. The first-order chi connectivity index (χ1) is 15.8. The van der Waals surface area contributed by atoms with Gasteiger partial charge < -0.3 is 25.0 Å². The van der Waals surface area contributed by atoms with Crippen molar-refractivity contribution in [2.24, 2.45) is 0 Å². The van der Waals surface area contributed by atoms with Crippen molar-refractivity contribution in [3.8, 4) is 0 Å². The number of carbonyl (C=O) groups is 2. The number of aliphatic hydroxyl groups is 2. The average molecular weight is 496 g/mol. The lowest BCUT2D eigenvalue weighted by Gasteiger charge is -2.47. The van der Waals surface area contributed by atoms with E-state index in [9.17, 15) is 24.9 Å². The van der Waals surface area contributed by atoms with E-state index >= 15 is 0 Å². The molecule has 2 aromatic rings. The SMILES string of the molecule is CCC[C@@H](C(=O)O)N1C(=O)[C@@H](C[C@H](O)CO)O[C@H](c2ccc(Cl)cc2)[C@@H]1c1ccc(Cl)cc1. The van der Waals surface area contributed by atoms with E-state index in [1.807, 2.05) is 6.92 Å². The molecule has 1 aliphatic heterocycles. The largest absolute Gasteiger partial charge is 0.480 e. The molecule has 178 valence electrons. The first-order valence-corrected chi connectivity index (χ1v) is 11.5. The maximum Gasteiger partial charge on any atom is 0.326 e. The van der Waals surface area contributed by atoms with Crippen molar-refractivity contribution in [2.45, 2.75) is 56.6 Å². The Morgan fingerprint density at radius 3 is 2.09 bits per heavy atom. The Morgan fingerprint density at radius 1 is 1.06 bits per heavy atom. The van der Waals surface area contributed by atoms with Crippen molar-refractivity contribution < 1.29 is 29.6 Å². The monoisotopic (exact) mass is 495 g/mol. The molecule has 5 atom stereocenters. The summed E-state index contributed by atoms with van der Waals surface area (Å²) in [6.07, 6.45) is -2.43. The van der Waals surface area contributed by atoms with Crippen LogP contribution in [0.5, 0.6) is 0 Å². The second-order valence-electron chi connectivity index (χ2n) is 8.05. The van der Waals surface area contributed by atoms with Gasteiger partial charge in [-0.3, -0.25) is 4.79 Å². The van der Waals surface area contributed by atoms with E-state index in [-0.39, 0.29) is 12.8 Å². The lowest BCUT2D eigenvalue weighted by atomic mass is 9.89. The number of aliphatic carboxylic acids is 1. The van der Waals surface area contributed by atoms with Crippen LogP contribution in [0.2, 0.25) is 10.0 Å². The molecule has 7 nitrogen and oxygen atoms in total. The third kappa shape index (κ3) is 5.86. The number of hydrogen-bond donors (Lipinski definition) is 3. The lowest BCUT2D eigenvalue weighted by molar-refractivity contribution is -0.188. The van der Waals surface area contributed by atoms with Crippen LogP contribution in [0.25, 0.3) is 0 Å². The van der Waals surface area contributed by atoms with Gasteiger partial charge in [0.15, 0.2) is 0 Å². The van der Waals surface area contributed by atoms with Gasteiger partial charge >= 0.3 is 5.97 Å². The number of ether oxygens (including phenoxy) is 1. The number of rotatable bonds is 9. The van der Waals surface area contributed by atoms with Crippen LogP contribution in [-0.4, -0.2) is 57.0 Å². The Labute approximate surface area is 202 Å². The van der Waals surface area contributed by atoms with Gasteiger partial charge in [-0.2, -0.15) is 0 Å². The van der Waals surface area contributed by atoms with E-state index in [1.54, 1.807) is 48.5 Å². The predicted molar refractivity (Wildman–Crippen MR) is 124 cm³/mol. The van der Waals surface area contributed by atoms with Gasteiger partial charge in [-0.05, 0) is 41.8 Å². The van der Waals surface area contributed by atoms with E-state index in [2.05, 4.69) is 0 Å². The first kappa shape index (κ1) is 25.5. The summed E-state index contributed by atoms with van der Waals surface area (Å²) in [5, 5.41) is 30.4. The van der Waals surface area contributed by atoms with Gasteiger partial charge in [-0.25, -0.2) is 4.79 Å². The summed E-state index contributed by atoms with van der Waals surface area (Å²) < 4.78 is 6.20. The smallest absolute Gasteiger partial charge is 0.326 e.